The average molecular weight is 481 g/mol. The van der Waals surface area contributed by atoms with Crippen molar-refractivity contribution in [1.29, 1.82) is 0 Å². The Hall–Kier alpha value is -2.87. The monoisotopic (exact) mass is 480 g/mol. The van der Waals surface area contributed by atoms with E-state index in [4.69, 9.17) is 4.74 Å². The van der Waals surface area contributed by atoms with Crippen LogP contribution in [0.4, 0.5) is 0 Å². The van der Waals surface area contributed by atoms with Gasteiger partial charge in [-0.1, -0.05) is 19.9 Å². The van der Waals surface area contributed by atoms with Crippen molar-refractivity contribution in [2.45, 2.75) is 51.4 Å². The van der Waals surface area contributed by atoms with E-state index in [1.807, 2.05) is 12.3 Å². The largest absolute Gasteiger partial charge is 0.493 e. The van der Waals surface area contributed by atoms with Crippen LogP contribution in [0, 0.1) is 5.92 Å². The molecule has 0 radical (unpaired) electrons. The number of pyridine rings is 1. The molecule has 7 nitrogen and oxygen atoms in total. The van der Waals surface area contributed by atoms with Crippen molar-refractivity contribution in [3.8, 4) is 17.0 Å². The fraction of sp³-hybridized carbons (Fsp3) is 0.462. The zero-order valence-electron chi connectivity index (χ0n) is 20.2. The average Bonchev–Trinajstić information content (AvgIpc) is 3.42. The van der Waals surface area contributed by atoms with Gasteiger partial charge < -0.3 is 9.72 Å². The Kier molecular flexibility index (Phi) is 5.88. The van der Waals surface area contributed by atoms with Crippen molar-refractivity contribution in [3.05, 3.63) is 47.9 Å². The van der Waals surface area contributed by atoms with Gasteiger partial charge in [0.1, 0.15) is 16.2 Å². The molecule has 1 fully saturated rings. The quantitative estimate of drug-likeness (QED) is 0.403. The van der Waals surface area contributed by atoms with Crippen molar-refractivity contribution < 1.29 is 13.2 Å². The molecule has 0 spiro atoms. The fourth-order valence-electron chi connectivity index (χ4n) is 5.58. The third kappa shape index (κ3) is 4.31. The number of methoxy groups -OCH3 is 1. The SMILES string of the molecule is COc1cc(-c2[nH]c3ccc(C4CCC(CS(C)(=O)=O)CC4)cc3c2C(C)C)cn2ncnc12. The summed E-state index contributed by atoms with van der Waals surface area (Å²) >= 11 is 0. The number of hydrogen-bond acceptors (Lipinski definition) is 5. The molecular weight excluding hydrogens is 448 g/mol. The Morgan fingerprint density at radius 1 is 1.18 bits per heavy atom. The Balaban J connectivity index is 1.51. The lowest BCUT2D eigenvalue weighted by Crippen LogP contribution is -2.20. The molecule has 0 unspecified atom stereocenters. The molecule has 1 aromatic carbocycles. The number of nitrogens with one attached hydrogen (secondary N) is 1. The van der Waals surface area contributed by atoms with E-state index >= 15 is 0 Å². The first-order chi connectivity index (χ1) is 16.2. The van der Waals surface area contributed by atoms with E-state index in [1.165, 1.54) is 29.1 Å². The second kappa shape index (κ2) is 8.73. The molecule has 0 atom stereocenters. The number of hydrogen-bond donors (Lipinski definition) is 1. The molecule has 34 heavy (non-hydrogen) atoms. The Morgan fingerprint density at radius 3 is 2.62 bits per heavy atom. The molecular formula is C26H32N4O3S. The standard InChI is InChI=1S/C26H32N4O3S/c1-16(2)24-21-11-19(18-7-5-17(6-8-18)14-34(4,31)32)9-10-22(21)29-25(24)20-12-23(33-3)26-27-15-28-30(26)13-20/h9-13,15-18,29H,5-8,14H2,1-4H3. The minimum atomic E-state index is -2.91. The number of benzene rings is 1. The molecule has 0 saturated heterocycles. The number of nitrogens with zero attached hydrogens (tertiary/aromatic N) is 3. The lowest BCUT2D eigenvalue weighted by molar-refractivity contribution is 0.349. The van der Waals surface area contributed by atoms with Gasteiger partial charge in [-0.25, -0.2) is 17.9 Å². The summed E-state index contributed by atoms with van der Waals surface area (Å²) in [6.45, 7) is 4.45. The number of rotatable bonds is 6. The zero-order valence-corrected chi connectivity index (χ0v) is 21.0. The third-order valence-electron chi connectivity index (χ3n) is 7.15. The topological polar surface area (TPSA) is 89.4 Å². The number of aromatic nitrogens is 4. The van der Waals surface area contributed by atoms with Crippen LogP contribution in [-0.2, 0) is 9.84 Å². The van der Waals surface area contributed by atoms with Crippen molar-refractivity contribution in [1.82, 2.24) is 19.6 Å². The number of aromatic amines is 1. The summed E-state index contributed by atoms with van der Waals surface area (Å²) in [4.78, 5) is 7.95. The number of ether oxygens (including phenoxy) is 1. The van der Waals surface area contributed by atoms with E-state index in [9.17, 15) is 8.42 Å². The summed E-state index contributed by atoms with van der Waals surface area (Å²) in [6.07, 6.45) is 8.91. The number of sulfone groups is 1. The first-order valence-corrected chi connectivity index (χ1v) is 14.0. The highest BCUT2D eigenvalue weighted by atomic mass is 32.2. The van der Waals surface area contributed by atoms with E-state index in [-0.39, 0.29) is 0 Å². The maximum absolute atomic E-state index is 11.7. The van der Waals surface area contributed by atoms with Gasteiger partial charge >= 0.3 is 0 Å². The molecule has 1 saturated carbocycles. The Bertz CT molecular complexity index is 1440. The number of H-pyrrole nitrogens is 1. The van der Waals surface area contributed by atoms with Gasteiger partial charge in [-0.05, 0) is 72.8 Å². The van der Waals surface area contributed by atoms with Gasteiger partial charge in [0.25, 0.3) is 0 Å². The van der Waals surface area contributed by atoms with Crippen LogP contribution < -0.4 is 4.74 Å². The highest BCUT2D eigenvalue weighted by molar-refractivity contribution is 7.90. The van der Waals surface area contributed by atoms with E-state index < -0.39 is 9.84 Å². The highest BCUT2D eigenvalue weighted by Crippen LogP contribution is 2.41. The molecule has 1 N–H and O–H groups in total. The highest BCUT2D eigenvalue weighted by Gasteiger charge is 2.26. The smallest absolute Gasteiger partial charge is 0.197 e. The van der Waals surface area contributed by atoms with Crippen molar-refractivity contribution in [2.24, 2.45) is 5.92 Å². The van der Waals surface area contributed by atoms with Crippen molar-refractivity contribution in [2.75, 3.05) is 19.1 Å². The van der Waals surface area contributed by atoms with Crippen LogP contribution in [0.25, 0.3) is 27.8 Å². The van der Waals surface area contributed by atoms with Crippen molar-refractivity contribution >= 4 is 26.4 Å². The molecule has 180 valence electrons. The van der Waals surface area contributed by atoms with Gasteiger partial charge in [-0.3, -0.25) is 0 Å². The van der Waals surface area contributed by atoms with Crippen LogP contribution in [0.2, 0.25) is 0 Å². The Labute approximate surface area is 200 Å². The van der Waals surface area contributed by atoms with E-state index in [1.54, 1.807) is 11.6 Å². The predicted octanol–water partition coefficient (Wildman–Crippen LogP) is 5.33. The van der Waals surface area contributed by atoms with Crippen LogP contribution in [-0.4, -0.2) is 47.1 Å². The predicted molar refractivity (Wildman–Crippen MR) is 135 cm³/mol. The summed E-state index contributed by atoms with van der Waals surface area (Å²) in [6, 6.07) is 8.78. The van der Waals surface area contributed by atoms with Gasteiger partial charge in [0, 0.05) is 28.9 Å². The van der Waals surface area contributed by atoms with Crippen LogP contribution >= 0.6 is 0 Å². The van der Waals surface area contributed by atoms with Gasteiger partial charge in [0.15, 0.2) is 11.4 Å². The van der Waals surface area contributed by atoms with Gasteiger partial charge in [0.2, 0.25) is 0 Å². The molecule has 5 rings (SSSR count). The third-order valence-corrected chi connectivity index (χ3v) is 8.22. The van der Waals surface area contributed by atoms with Crippen LogP contribution in [0.3, 0.4) is 0 Å². The molecule has 8 heteroatoms. The molecule has 1 aliphatic carbocycles. The minimum absolute atomic E-state index is 0.293. The van der Waals surface area contributed by atoms with Crippen LogP contribution in [0.1, 0.15) is 62.5 Å². The molecule has 1 aliphatic rings. The second-order valence-corrected chi connectivity index (χ2v) is 12.2. The number of fused-ring (bicyclic) bond motifs is 2. The lowest BCUT2D eigenvalue weighted by Gasteiger charge is -2.28. The maximum Gasteiger partial charge on any atom is 0.197 e. The van der Waals surface area contributed by atoms with Crippen LogP contribution in [0.5, 0.6) is 5.75 Å². The minimum Gasteiger partial charge on any atom is -0.493 e. The maximum atomic E-state index is 11.7. The molecule has 3 aromatic heterocycles. The van der Waals surface area contributed by atoms with E-state index in [0.29, 0.717) is 34.9 Å². The summed E-state index contributed by atoms with van der Waals surface area (Å²) in [5.41, 5.74) is 6.53. The van der Waals surface area contributed by atoms with Gasteiger partial charge in [-0.15, -0.1) is 0 Å². The fourth-order valence-corrected chi connectivity index (χ4v) is 6.77. The zero-order chi connectivity index (χ0) is 24.0. The Morgan fingerprint density at radius 2 is 1.94 bits per heavy atom. The molecule has 0 bridgehead atoms. The summed E-state index contributed by atoms with van der Waals surface area (Å²) in [5.74, 6) is 2.10. The van der Waals surface area contributed by atoms with Gasteiger partial charge in [-0.2, -0.15) is 5.10 Å². The summed E-state index contributed by atoms with van der Waals surface area (Å²) in [7, 11) is -1.26. The van der Waals surface area contributed by atoms with Gasteiger partial charge in [0.05, 0.1) is 18.6 Å². The second-order valence-electron chi connectivity index (χ2n) is 10.0. The molecule has 0 amide bonds. The molecule has 4 aromatic rings. The van der Waals surface area contributed by atoms with Crippen LogP contribution in [0.15, 0.2) is 36.8 Å². The first kappa shape index (κ1) is 22.9. The normalized spacial score (nSPS) is 19.3. The molecule has 3 heterocycles. The summed E-state index contributed by atoms with van der Waals surface area (Å²) < 4.78 is 30.7. The van der Waals surface area contributed by atoms with E-state index in [2.05, 4.69) is 47.1 Å². The van der Waals surface area contributed by atoms with E-state index in [0.717, 1.165) is 42.5 Å². The first-order valence-electron chi connectivity index (χ1n) is 11.9. The summed E-state index contributed by atoms with van der Waals surface area (Å²) in [5, 5.41) is 5.57. The van der Waals surface area contributed by atoms with Crippen molar-refractivity contribution in [3.63, 3.8) is 0 Å². The molecule has 0 aliphatic heterocycles. The lowest BCUT2D eigenvalue weighted by atomic mass is 9.79.